The molecule has 0 saturated carbocycles. The van der Waals surface area contributed by atoms with E-state index in [1.165, 1.54) is 11.0 Å². The molecule has 0 atom stereocenters. The van der Waals surface area contributed by atoms with Gasteiger partial charge in [0.25, 0.3) is 0 Å². The van der Waals surface area contributed by atoms with Gasteiger partial charge in [0.2, 0.25) is 5.91 Å². The molecule has 0 bridgehead atoms. The zero-order chi connectivity index (χ0) is 19.3. The maximum absolute atomic E-state index is 12.3. The van der Waals surface area contributed by atoms with E-state index in [4.69, 9.17) is 23.2 Å². The fourth-order valence-corrected chi connectivity index (χ4v) is 2.79. The predicted octanol–water partition coefficient (Wildman–Crippen LogP) is 2.20. The van der Waals surface area contributed by atoms with Crippen molar-refractivity contribution < 1.29 is 14.4 Å². The van der Waals surface area contributed by atoms with Gasteiger partial charge in [-0.2, -0.15) is 0 Å². The lowest BCUT2D eigenvalue weighted by molar-refractivity contribution is -0.148. The number of hydrogen-bond donors (Lipinski definition) is 1. The highest BCUT2D eigenvalue weighted by molar-refractivity contribution is 6.42. The van der Waals surface area contributed by atoms with Gasteiger partial charge in [-0.25, -0.2) is 0 Å². The number of amides is 3. The van der Waals surface area contributed by atoms with E-state index < -0.39 is 11.8 Å². The summed E-state index contributed by atoms with van der Waals surface area (Å²) in [5, 5.41) is 3.46. The Kier molecular flexibility index (Phi) is 7.06. The molecule has 1 fully saturated rings. The number of piperazine rings is 1. The topological polar surface area (TPSA) is 69.7 Å². The van der Waals surface area contributed by atoms with Gasteiger partial charge in [0.1, 0.15) is 0 Å². The third-order valence-electron chi connectivity index (χ3n) is 3.85. The molecule has 6 nitrogen and oxygen atoms in total. The molecule has 1 heterocycles. The van der Waals surface area contributed by atoms with Crippen molar-refractivity contribution in [3.05, 3.63) is 39.9 Å². The number of hydrogen-bond acceptors (Lipinski definition) is 3. The zero-order valence-corrected chi connectivity index (χ0v) is 16.2. The molecular weight excluding hydrogens is 377 g/mol. The maximum atomic E-state index is 12.3. The van der Waals surface area contributed by atoms with Gasteiger partial charge < -0.3 is 15.1 Å². The lowest BCUT2D eigenvalue weighted by Gasteiger charge is -2.33. The van der Waals surface area contributed by atoms with Crippen molar-refractivity contribution in [2.75, 3.05) is 26.2 Å². The van der Waals surface area contributed by atoms with Gasteiger partial charge in [-0.05, 0) is 37.6 Å². The second-order valence-electron chi connectivity index (χ2n) is 6.25. The van der Waals surface area contributed by atoms with Crippen LogP contribution in [0.15, 0.2) is 24.3 Å². The van der Waals surface area contributed by atoms with Crippen LogP contribution >= 0.6 is 23.2 Å². The molecule has 0 aromatic heterocycles. The van der Waals surface area contributed by atoms with E-state index in [2.05, 4.69) is 5.32 Å². The molecule has 2 rings (SSSR count). The zero-order valence-electron chi connectivity index (χ0n) is 14.7. The van der Waals surface area contributed by atoms with Gasteiger partial charge in [-0.15, -0.1) is 0 Å². The summed E-state index contributed by atoms with van der Waals surface area (Å²) < 4.78 is 0. The summed E-state index contributed by atoms with van der Waals surface area (Å²) in [4.78, 5) is 39.2. The van der Waals surface area contributed by atoms with E-state index in [-0.39, 0.29) is 11.9 Å². The molecule has 1 aliphatic rings. The highest BCUT2D eigenvalue weighted by Gasteiger charge is 2.27. The normalized spacial score (nSPS) is 14.8. The van der Waals surface area contributed by atoms with Crippen molar-refractivity contribution in [1.82, 2.24) is 15.1 Å². The first-order valence-corrected chi connectivity index (χ1v) is 9.05. The molecule has 1 aliphatic heterocycles. The van der Waals surface area contributed by atoms with E-state index in [0.717, 1.165) is 5.56 Å². The molecule has 0 radical (unpaired) electrons. The van der Waals surface area contributed by atoms with Crippen LogP contribution < -0.4 is 5.32 Å². The molecule has 26 heavy (non-hydrogen) atoms. The Bertz CT molecular complexity index is 726. The monoisotopic (exact) mass is 397 g/mol. The molecular formula is C18H21Cl2N3O3. The lowest BCUT2D eigenvalue weighted by Crippen LogP contribution is -2.54. The van der Waals surface area contributed by atoms with Crippen molar-refractivity contribution in [2.24, 2.45) is 0 Å². The molecule has 3 amide bonds. The molecule has 1 aromatic rings. The van der Waals surface area contributed by atoms with Crippen LogP contribution in [0.2, 0.25) is 10.0 Å². The summed E-state index contributed by atoms with van der Waals surface area (Å²) >= 11 is 11.8. The quantitative estimate of drug-likeness (QED) is 0.627. The third-order valence-corrected chi connectivity index (χ3v) is 4.59. The van der Waals surface area contributed by atoms with Crippen molar-refractivity contribution >= 4 is 47.0 Å². The summed E-state index contributed by atoms with van der Waals surface area (Å²) in [7, 11) is 0. The van der Waals surface area contributed by atoms with Crippen LogP contribution in [0.25, 0.3) is 6.08 Å². The average molecular weight is 398 g/mol. The summed E-state index contributed by atoms with van der Waals surface area (Å²) in [5.74, 6) is -1.33. The van der Waals surface area contributed by atoms with Crippen LogP contribution in [-0.2, 0) is 14.4 Å². The van der Waals surface area contributed by atoms with E-state index in [0.29, 0.717) is 36.2 Å². The largest absolute Gasteiger partial charge is 0.346 e. The summed E-state index contributed by atoms with van der Waals surface area (Å²) in [6, 6.07) is 5.01. The van der Waals surface area contributed by atoms with Crippen molar-refractivity contribution in [1.29, 1.82) is 0 Å². The van der Waals surface area contributed by atoms with E-state index >= 15 is 0 Å². The minimum Gasteiger partial charge on any atom is -0.346 e. The Hall–Kier alpha value is -2.05. The van der Waals surface area contributed by atoms with E-state index in [1.54, 1.807) is 43.0 Å². The number of carbonyl (C=O) groups excluding carboxylic acids is 3. The molecule has 1 aromatic carbocycles. The van der Waals surface area contributed by atoms with Crippen molar-refractivity contribution in [3.8, 4) is 0 Å². The van der Waals surface area contributed by atoms with E-state index in [1.807, 2.05) is 0 Å². The summed E-state index contributed by atoms with van der Waals surface area (Å²) in [5.41, 5.74) is 0.770. The summed E-state index contributed by atoms with van der Waals surface area (Å²) in [6.45, 7) is 5.01. The average Bonchev–Trinajstić information content (AvgIpc) is 2.61. The number of rotatable bonds is 3. The molecule has 1 saturated heterocycles. The molecule has 0 unspecified atom stereocenters. The van der Waals surface area contributed by atoms with E-state index in [9.17, 15) is 14.4 Å². The highest BCUT2D eigenvalue weighted by atomic mass is 35.5. The standard InChI is InChI=1S/C18H21Cl2N3O3/c1-12(2)21-17(25)18(26)23-9-7-22(8-10-23)16(24)6-4-13-3-5-14(19)15(20)11-13/h3-6,11-12H,7-10H2,1-2H3,(H,21,25)/b6-4+. The molecule has 0 aliphatic carbocycles. The Morgan fingerprint density at radius 2 is 1.65 bits per heavy atom. The van der Waals surface area contributed by atoms with Gasteiger partial charge in [0.05, 0.1) is 10.0 Å². The van der Waals surface area contributed by atoms with Crippen molar-refractivity contribution in [3.63, 3.8) is 0 Å². The van der Waals surface area contributed by atoms with Crippen LogP contribution in [0.3, 0.4) is 0 Å². The number of halogens is 2. The third kappa shape index (κ3) is 5.47. The first-order chi connectivity index (χ1) is 12.3. The molecule has 8 heteroatoms. The smallest absolute Gasteiger partial charge is 0.312 e. The number of carbonyl (C=O) groups is 3. The van der Waals surface area contributed by atoms with Gasteiger partial charge >= 0.3 is 11.8 Å². The predicted molar refractivity (Wildman–Crippen MR) is 102 cm³/mol. The molecule has 1 N–H and O–H groups in total. The Morgan fingerprint density at radius 3 is 2.23 bits per heavy atom. The van der Waals surface area contributed by atoms with Gasteiger partial charge in [0.15, 0.2) is 0 Å². The first kappa shape index (κ1) is 20.3. The Morgan fingerprint density at radius 1 is 1.04 bits per heavy atom. The molecule has 0 spiro atoms. The van der Waals surface area contributed by atoms with Gasteiger partial charge in [-0.1, -0.05) is 29.3 Å². The fraction of sp³-hybridized carbons (Fsp3) is 0.389. The maximum Gasteiger partial charge on any atom is 0.312 e. The van der Waals surface area contributed by atoms with Crippen LogP contribution in [0.1, 0.15) is 19.4 Å². The Balaban J connectivity index is 1.87. The number of benzene rings is 1. The Labute approximate surface area is 162 Å². The number of nitrogens with zero attached hydrogens (tertiary/aromatic N) is 2. The second-order valence-corrected chi connectivity index (χ2v) is 7.07. The lowest BCUT2D eigenvalue weighted by atomic mass is 10.2. The summed E-state index contributed by atoms with van der Waals surface area (Å²) in [6.07, 6.45) is 3.13. The van der Waals surface area contributed by atoms with Crippen LogP contribution in [-0.4, -0.2) is 59.7 Å². The van der Waals surface area contributed by atoms with Gasteiger partial charge in [-0.3, -0.25) is 14.4 Å². The minimum atomic E-state index is -0.612. The molecule has 140 valence electrons. The first-order valence-electron chi connectivity index (χ1n) is 8.29. The van der Waals surface area contributed by atoms with Crippen LogP contribution in [0.4, 0.5) is 0 Å². The minimum absolute atomic E-state index is 0.0965. The van der Waals surface area contributed by atoms with Gasteiger partial charge in [0, 0.05) is 38.3 Å². The van der Waals surface area contributed by atoms with Crippen molar-refractivity contribution in [2.45, 2.75) is 19.9 Å². The van der Waals surface area contributed by atoms with Crippen LogP contribution in [0.5, 0.6) is 0 Å². The number of nitrogens with one attached hydrogen (secondary N) is 1. The van der Waals surface area contributed by atoms with Crippen LogP contribution in [0, 0.1) is 0 Å². The highest BCUT2D eigenvalue weighted by Crippen LogP contribution is 2.23. The SMILES string of the molecule is CC(C)NC(=O)C(=O)N1CCN(C(=O)/C=C/c2ccc(Cl)c(Cl)c2)CC1. The second kappa shape index (κ2) is 9.05. The fourth-order valence-electron chi connectivity index (χ4n) is 2.49.